The Bertz CT molecular complexity index is 1120. The number of nitrogens with zero attached hydrogens (tertiary/aromatic N) is 1. The highest BCUT2D eigenvalue weighted by atomic mass is 19.1. The number of halogens is 1. The van der Waals surface area contributed by atoms with Crippen LogP contribution in [0.25, 0.3) is 0 Å². The van der Waals surface area contributed by atoms with Gasteiger partial charge in [0, 0.05) is 19.6 Å². The van der Waals surface area contributed by atoms with Crippen LogP contribution in [0.4, 0.5) is 14.9 Å². The molecule has 1 atom stereocenters. The number of para-hydroxylation sites is 1. The number of benzene rings is 3. The average Bonchev–Trinajstić information content (AvgIpc) is 2.90. The molecule has 2 N–H and O–H groups in total. The van der Waals surface area contributed by atoms with Crippen LogP contribution in [-0.4, -0.2) is 54.4 Å². The minimum Gasteiger partial charge on any atom is -0.492 e. The highest BCUT2D eigenvalue weighted by Crippen LogP contribution is 2.16. The van der Waals surface area contributed by atoms with E-state index in [1.165, 1.54) is 17.7 Å². The van der Waals surface area contributed by atoms with E-state index in [4.69, 9.17) is 9.47 Å². The molecule has 37 heavy (non-hydrogen) atoms. The van der Waals surface area contributed by atoms with Gasteiger partial charge >= 0.3 is 12.0 Å². The second kappa shape index (κ2) is 14.6. The van der Waals surface area contributed by atoms with Crippen LogP contribution in [0.2, 0.25) is 0 Å². The van der Waals surface area contributed by atoms with Crippen molar-refractivity contribution in [3.05, 3.63) is 95.8 Å². The number of hydrogen-bond acceptors (Lipinski definition) is 4. The summed E-state index contributed by atoms with van der Waals surface area (Å²) in [6.45, 7) is 3.11. The van der Waals surface area contributed by atoms with Crippen molar-refractivity contribution in [3.8, 4) is 5.75 Å². The molecule has 3 aromatic rings. The lowest BCUT2D eigenvalue weighted by Gasteiger charge is -2.23. The van der Waals surface area contributed by atoms with Crippen LogP contribution < -0.4 is 10.1 Å². The van der Waals surface area contributed by atoms with Crippen LogP contribution in [0.1, 0.15) is 24.5 Å². The molecule has 0 radical (unpaired) electrons. The van der Waals surface area contributed by atoms with Crippen LogP contribution in [0.5, 0.6) is 5.75 Å². The number of carbonyl (C=O) groups is 2. The zero-order valence-corrected chi connectivity index (χ0v) is 20.9. The number of aliphatic carboxylic acids is 1. The third-order valence-electron chi connectivity index (χ3n) is 5.76. The molecule has 0 aliphatic rings. The Morgan fingerprint density at radius 2 is 1.65 bits per heavy atom. The first-order valence-electron chi connectivity index (χ1n) is 12.4. The molecule has 0 saturated carbocycles. The number of ether oxygens (including phenoxy) is 2. The normalized spacial score (nSPS) is 11.5. The van der Waals surface area contributed by atoms with Gasteiger partial charge in [-0.1, -0.05) is 54.6 Å². The largest absolute Gasteiger partial charge is 0.492 e. The van der Waals surface area contributed by atoms with Gasteiger partial charge in [0.05, 0.1) is 12.2 Å². The van der Waals surface area contributed by atoms with Gasteiger partial charge in [-0.3, -0.25) is 0 Å². The predicted octanol–water partition coefficient (Wildman–Crippen LogP) is 5.40. The van der Waals surface area contributed by atoms with Gasteiger partial charge in [-0.25, -0.2) is 14.0 Å². The highest BCUT2D eigenvalue weighted by Gasteiger charge is 2.18. The van der Waals surface area contributed by atoms with E-state index in [1.54, 1.807) is 48.2 Å². The van der Waals surface area contributed by atoms with Gasteiger partial charge in [0.1, 0.15) is 18.2 Å². The molecular formula is C29H33FN2O5. The van der Waals surface area contributed by atoms with Crippen molar-refractivity contribution in [3.63, 3.8) is 0 Å². The average molecular weight is 509 g/mol. The Labute approximate surface area is 216 Å². The molecule has 2 amide bonds. The van der Waals surface area contributed by atoms with Gasteiger partial charge < -0.3 is 24.8 Å². The first-order chi connectivity index (χ1) is 18.0. The summed E-state index contributed by atoms with van der Waals surface area (Å²) in [7, 11) is 0. The maximum atomic E-state index is 14.1. The molecule has 3 rings (SSSR count). The summed E-state index contributed by atoms with van der Waals surface area (Å²) in [6.07, 6.45) is 0.920. The topological polar surface area (TPSA) is 88.1 Å². The minimum atomic E-state index is -0.997. The lowest BCUT2D eigenvalue weighted by molar-refractivity contribution is -0.149. The molecule has 0 fully saturated rings. The predicted molar refractivity (Wildman–Crippen MR) is 140 cm³/mol. The third-order valence-corrected chi connectivity index (χ3v) is 5.76. The fourth-order valence-electron chi connectivity index (χ4n) is 3.82. The van der Waals surface area contributed by atoms with Crippen molar-refractivity contribution in [2.45, 2.75) is 32.3 Å². The van der Waals surface area contributed by atoms with E-state index in [-0.39, 0.29) is 18.7 Å². The summed E-state index contributed by atoms with van der Waals surface area (Å²) in [5.74, 6) is -0.889. The van der Waals surface area contributed by atoms with E-state index < -0.39 is 23.9 Å². The van der Waals surface area contributed by atoms with Crippen molar-refractivity contribution >= 4 is 17.7 Å². The molecular weight excluding hydrogens is 475 g/mol. The second-order valence-electron chi connectivity index (χ2n) is 8.46. The summed E-state index contributed by atoms with van der Waals surface area (Å²) >= 11 is 0. The van der Waals surface area contributed by atoms with Gasteiger partial charge in [0.15, 0.2) is 6.10 Å². The fraction of sp³-hybridized carbons (Fsp3) is 0.310. The number of anilines is 1. The standard InChI is InChI=1S/C29H33FN2O5/c1-2-36-27(28(33)34)21-23-14-16-24(17-15-23)37-20-19-32(18-8-11-22-9-4-3-5-10-22)29(35)31-26-13-7-6-12-25(26)30/h3-7,9-10,12-17,27H,2,8,11,18-21H2,1H3,(H,31,35)(H,33,34). The SMILES string of the molecule is CCOC(Cc1ccc(OCCN(CCCc2ccccc2)C(=O)Nc2ccccc2F)cc1)C(=O)O. The van der Waals surface area contributed by atoms with E-state index in [1.807, 2.05) is 30.3 Å². The number of carbonyl (C=O) groups excluding carboxylic acids is 1. The smallest absolute Gasteiger partial charge is 0.333 e. The van der Waals surface area contributed by atoms with Crippen molar-refractivity contribution in [2.75, 3.05) is 31.6 Å². The number of amides is 2. The molecule has 0 aromatic heterocycles. The highest BCUT2D eigenvalue weighted by molar-refractivity contribution is 5.89. The maximum Gasteiger partial charge on any atom is 0.333 e. The van der Waals surface area contributed by atoms with E-state index >= 15 is 0 Å². The lowest BCUT2D eigenvalue weighted by Crippen LogP contribution is -2.39. The number of nitrogens with one attached hydrogen (secondary N) is 1. The molecule has 1 unspecified atom stereocenters. The van der Waals surface area contributed by atoms with Crippen molar-refractivity contribution in [2.24, 2.45) is 0 Å². The molecule has 7 nitrogen and oxygen atoms in total. The van der Waals surface area contributed by atoms with Gasteiger partial charge in [-0.2, -0.15) is 0 Å². The van der Waals surface area contributed by atoms with Gasteiger partial charge in [0.2, 0.25) is 0 Å². The molecule has 0 aliphatic heterocycles. The number of hydrogen-bond donors (Lipinski definition) is 2. The Morgan fingerprint density at radius 3 is 2.32 bits per heavy atom. The molecule has 0 spiro atoms. The van der Waals surface area contributed by atoms with Gasteiger partial charge in [-0.15, -0.1) is 0 Å². The van der Waals surface area contributed by atoms with Crippen LogP contribution in [-0.2, 0) is 22.4 Å². The van der Waals surface area contributed by atoms with E-state index in [0.717, 1.165) is 18.4 Å². The lowest BCUT2D eigenvalue weighted by atomic mass is 10.1. The fourth-order valence-corrected chi connectivity index (χ4v) is 3.82. The molecule has 0 aliphatic carbocycles. The summed E-state index contributed by atoms with van der Waals surface area (Å²) in [5, 5.41) is 11.9. The van der Waals surface area contributed by atoms with E-state index in [2.05, 4.69) is 5.32 Å². The Morgan fingerprint density at radius 1 is 0.946 bits per heavy atom. The van der Waals surface area contributed by atoms with Crippen LogP contribution in [0.15, 0.2) is 78.9 Å². The maximum absolute atomic E-state index is 14.1. The summed E-state index contributed by atoms with van der Waals surface area (Å²) in [4.78, 5) is 25.9. The number of aryl methyl sites for hydroxylation is 1. The molecule has 3 aromatic carbocycles. The monoisotopic (exact) mass is 508 g/mol. The summed E-state index contributed by atoms with van der Waals surface area (Å²) in [5.41, 5.74) is 2.13. The molecule has 0 heterocycles. The van der Waals surface area contributed by atoms with Crippen molar-refractivity contribution < 1.29 is 28.6 Å². The zero-order chi connectivity index (χ0) is 26.5. The molecule has 196 valence electrons. The Hall–Kier alpha value is -3.91. The van der Waals surface area contributed by atoms with E-state index in [9.17, 15) is 19.1 Å². The van der Waals surface area contributed by atoms with Crippen molar-refractivity contribution in [1.29, 1.82) is 0 Å². The quantitative estimate of drug-likeness (QED) is 0.304. The number of rotatable bonds is 14. The molecule has 0 bridgehead atoms. The Kier molecular flexibility index (Phi) is 10.9. The van der Waals surface area contributed by atoms with Crippen LogP contribution >= 0.6 is 0 Å². The minimum absolute atomic E-state index is 0.129. The summed E-state index contributed by atoms with van der Waals surface area (Å²) in [6, 6.07) is 22.8. The first kappa shape index (κ1) is 27.7. The second-order valence-corrected chi connectivity index (χ2v) is 8.46. The first-order valence-corrected chi connectivity index (χ1v) is 12.4. The third kappa shape index (κ3) is 9.24. The summed E-state index contributed by atoms with van der Waals surface area (Å²) < 4.78 is 25.2. The van der Waals surface area contributed by atoms with E-state index in [0.29, 0.717) is 25.4 Å². The van der Waals surface area contributed by atoms with Gasteiger partial charge in [-0.05, 0) is 55.2 Å². The number of carboxylic acids is 1. The number of carboxylic acid groups (broad SMARTS) is 1. The Balaban J connectivity index is 1.56. The molecule has 8 heteroatoms. The number of urea groups is 1. The van der Waals surface area contributed by atoms with Gasteiger partial charge in [0.25, 0.3) is 0 Å². The molecule has 0 saturated heterocycles. The van der Waals surface area contributed by atoms with Crippen molar-refractivity contribution in [1.82, 2.24) is 4.90 Å². The van der Waals surface area contributed by atoms with Crippen LogP contribution in [0.3, 0.4) is 0 Å². The zero-order valence-electron chi connectivity index (χ0n) is 20.9. The van der Waals surface area contributed by atoms with Crippen LogP contribution in [0, 0.1) is 5.82 Å².